The second-order valence-corrected chi connectivity index (χ2v) is 5.53. The van der Waals surface area contributed by atoms with Crippen LogP contribution >= 0.6 is 15.9 Å². The van der Waals surface area contributed by atoms with Gasteiger partial charge in [-0.2, -0.15) is 0 Å². The lowest BCUT2D eigenvalue weighted by Crippen LogP contribution is -2.34. The largest absolute Gasteiger partial charge is 0.390 e. The summed E-state index contributed by atoms with van der Waals surface area (Å²) in [5.41, 5.74) is 0.680. The highest BCUT2D eigenvalue weighted by Gasteiger charge is 2.24. The molecule has 102 valence electrons. The number of rotatable bonds is 6. The summed E-state index contributed by atoms with van der Waals surface area (Å²) < 4.78 is 13.8. The molecule has 0 spiro atoms. The van der Waals surface area contributed by atoms with Crippen LogP contribution in [0.25, 0.3) is 0 Å². The fourth-order valence-electron chi connectivity index (χ4n) is 2.18. The standard InChI is InChI=1S/C14H20BrFO2/c1-3-10(4-2)14(18)13(17)7-9-5-11(15)8-12(16)6-9/h5-6,8,10,13-14,17-18H,3-4,7H2,1-2H3. The second kappa shape index (κ2) is 7.22. The van der Waals surface area contributed by atoms with E-state index in [1.807, 2.05) is 13.8 Å². The Labute approximate surface area is 116 Å². The molecule has 0 saturated heterocycles. The van der Waals surface area contributed by atoms with E-state index in [0.717, 1.165) is 12.8 Å². The van der Waals surface area contributed by atoms with Gasteiger partial charge in [-0.25, -0.2) is 4.39 Å². The van der Waals surface area contributed by atoms with Crippen molar-refractivity contribution in [2.75, 3.05) is 0 Å². The fourth-order valence-corrected chi connectivity index (χ4v) is 2.69. The third kappa shape index (κ3) is 4.34. The minimum atomic E-state index is -0.858. The summed E-state index contributed by atoms with van der Waals surface area (Å²) in [5, 5.41) is 20.0. The molecule has 4 heteroatoms. The summed E-state index contributed by atoms with van der Waals surface area (Å²) in [5.74, 6) is -0.263. The van der Waals surface area contributed by atoms with E-state index in [4.69, 9.17) is 0 Å². The predicted molar refractivity (Wildman–Crippen MR) is 73.9 cm³/mol. The van der Waals surface area contributed by atoms with Gasteiger partial charge in [0.25, 0.3) is 0 Å². The molecule has 0 saturated carbocycles. The zero-order valence-electron chi connectivity index (χ0n) is 10.7. The smallest absolute Gasteiger partial charge is 0.124 e. The van der Waals surface area contributed by atoms with Gasteiger partial charge in [0.2, 0.25) is 0 Å². The molecule has 2 nitrogen and oxygen atoms in total. The molecular weight excluding hydrogens is 299 g/mol. The quantitative estimate of drug-likeness (QED) is 0.845. The lowest BCUT2D eigenvalue weighted by Gasteiger charge is -2.25. The first-order valence-electron chi connectivity index (χ1n) is 6.29. The summed E-state index contributed by atoms with van der Waals surface area (Å²) >= 11 is 3.21. The molecule has 0 aliphatic heterocycles. The average molecular weight is 319 g/mol. The Hall–Kier alpha value is -0.450. The molecule has 0 aromatic heterocycles. The van der Waals surface area contributed by atoms with E-state index < -0.39 is 12.2 Å². The van der Waals surface area contributed by atoms with Crippen molar-refractivity contribution in [3.63, 3.8) is 0 Å². The SMILES string of the molecule is CCC(CC)C(O)C(O)Cc1cc(F)cc(Br)c1. The van der Waals surface area contributed by atoms with Gasteiger partial charge in [-0.05, 0) is 29.7 Å². The normalized spacial score (nSPS) is 14.8. The van der Waals surface area contributed by atoms with Crippen molar-refractivity contribution in [3.05, 3.63) is 34.1 Å². The van der Waals surface area contributed by atoms with E-state index in [1.165, 1.54) is 12.1 Å². The van der Waals surface area contributed by atoms with E-state index in [9.17, 15) is 14.6 Å². The van der Waals surface area contributed by atoms with Gasteiger partial charge in [0.05, 0.1) is 12.2 Å². The molecule has 0 amide bonds. The van der Waals surface area contributed by atoms with Crippen LogP contribution in [0.15, 0.2) is 22.7 Å². The number of hydrogen-bond acceptors (Lipinski definition) is 2. The van der Waals surface area contributed by atoms with E-state index in [1.54, 1.807) is 6.07 Å². The topological polar surface area (TPSA) is 40.5 Å². The summed E-state index contributed by atoms with van der Waals surface area (Å²) in [4.78, 5) is 0. The van der Waals surface area contributed by atoms with Crippen LogP contribution in [0.5, 0.6) is 0 Å². The number of aliphatic hydroxyl groups is 2. The Kier molecular flexibility index (Phi) is 6.26. The first-order chi connectivity index (χ1) is 8.47. The third-order valence-corrected chi connectivity index (χ3v) is 3.75. The highest BCUT2D eigenvalue weighted by molar-refractivity contribution is 9.10. The number of benzene rings is 1. The highest BCUT2D eigenvalue weighted by atomic mass is 79.9. The van der Waals surface area contributed by atoms with E-state index >= 15 is 0 Å². The molecule has 0 radical (unpaired) electrons. The van der Waals surface area contributed by atoms with Crippen molar-refractivity contribution in [3.8, 4) is 0 Å². The monoisotopic (exact) mass is 318 g/mol. The molecular formula is C14H20BrFO2. The van der Waals surface area contributed by atoms with Crippen LogP contribution in [-0.2, 0) is 6.42 Å². The van der Waals surface area contributed by atoms with Crippen LogP contribution in [0.2, 0.25) is 0 Å². The lowest BCUT2D eigenvalue weighted by molar-refractivity contribution is -0.0188. The number of halogens is 2. The van der Waals surface area contributed by atoms with Crippen molar-refractivity contribution in [2.45, 2.75) is 45.3 Å². The van der Waals surface area contributed by atoms with Gasteiger partial charge in [-0.15, -0.1) is 0 Å². The van der Waals surface area contributed by atoms with Crippen LogP contribution in [0, 0.1) is 11.7 Å². The van der Waals surface area contributed by atoms with Crippen LogP contribution in [0.1, 0.15) is 32.3 Å². The molecule has 0 bridgehead atoms. The predicted octanol–water partition coefficient (Wildman–Crippen LogP) is 3.29. The van der Waals surface area contributed by atoms with E-state index in [2.05, 4.69) is 15.9 Å². The molecule has 0 heterocycles. The van der Waals surface area contributed by atoms with Crippen LogP contribution < -0.4 is 0 Å². The van der Waals surface area contributed by atoms with Gasteiger partial charge in [0.1, 0.15) is 5.82 Å². The maximum Gasteiger partial charge on any atom is 0.124 e. The van der Waals surface area contributed by atoms with Gasteiger partial charge in [0.15, 0.2) is 0 Å². The maximum atomic E-state index is 13.2. The van der Waals surface area contributed by atoms with E-state index in [-0.39, 0.29) is 18.2 Å². The Morgan fingerprint density at radius 3 is 2.28 bits per heavy atom. The zero-order valence-corrected chi connectivity index (χ0v) is 12.3. The Morgan fingerprint density at radius 1 is 1.17 bits per heavy atom. The van der Waals surface area contributed by atoms with Gasteiger partial charge >= 0.3 is 0 Å². The fraction of sp³-hybridized carbons (Fsp3) is 0.571. The van der Waals surface area contributed by atoms with Crippen molar-refractivity contribution in [1.29, 1.82) is 0 Å². The average Bonchev–Trinajstić information content (AvgIpc) is 2.28. The summed E-state index contributed by atoms with van der Waals surface area (Å²) in [6.07, 6.45) is 0.280. The lowest BCUT2D eigenvalue weighted by atomic mass is 9.90. The van der Waals surface area contributed by atoms with Crippen molar-refractivity contribution >= 4 is 15.9 Å². The summed E-state index contributed by atoms with van der Waals surface area (Å²) in [7, 11) is 0. The molecule has 1 aromatic rings. The number of hydrogen-bond donors (Lipinski definition) is 2. The maximum absolute atomic E-state index is 13.2. The van der Waals surface area contributed by atoms with Crippen molar-refractivity contribution in [2.24, 2.45) is 5.92 Å². The third-order valence-electron chi connectivity index (χ3n) is 3.29. The van der Waals surface area contributed by atoms with Gasteiger partial charge in [0, 0.05) is 10.9 Å². The van der Waals surface area contributed by atoms with Crippen molar-refractivity contribution in [1.82, 2.24) is 0 Å². The molecule has 18 heavy (non-hydrogen) atoms. The van der Waals surface area contributed by atoms with Crippen LogP contribution in [0.3, 0.4) is 0 Å². The van der Waals surface area contributed by atoms with Crippen LogP contribution in [0.4, 0.5) is 4.39 Å². The molecule has 2 unspecified atom stereocenters. The minimum absolute atomic E-state index is 0.0806. The molecule has 1 aromatic carbocycles. The second-order valence-electron chi connectivity index (χ2n) is 4.62. The number of aliphatic hydroxyl groups excluding tert-OH is 2. The van der Waals surface area contributed by atoms with Crippen LogP contribution in [-0.4, -0.2) is 22.4 Å². The molecule has 0 fully saturated rings. The molecule has 2 atom stereocenters. The molecule has 0 aliphatic rings. The first kappa shape index (κ1) is 15.6. The molecule has 1 rings (SSSR count). The van der Waals surface area contributed by atoms with Crippen molar-refractivity contribution < 1.29 is 14.6 Å². The zero-order chi connectivity index (χ0) is 13.7. The summed E-state index contributed by atoms with van der Waals surface area (Å²) in [6.45, 7) is 3.98. The Morgan fingerprint density at radius 2 is 1.78 bits per heavy atom. The Balaban J connectivity index is 2.71. The minimum Gasteiger partial charge on any atom is -0.390 e. The van der Waals surface area contributed by atoms with Gasteiger partial charge < -0.3 is 10.2 Å². The van der Waals surface area contributed by atoms with Gasteiger partial charge in [-0.1, -0.05) is 42.6 Å². The molecule has 0 aliphatic carbocycles. The van der Waals surface area contributed by atoms with E-state index in [0.29, 0.717) is 10.0 Å². The van der Waals surface area contributed by atoms with Gasteiger partial charge in [-0.3, -0.25) is 0 Å². The summed E-state index contributed by atoms with van der Waals surface area (Å²) in [6, 6.07) is 4.51. The highest BCUT2D eigenvalue weighted by Crippen LogP contribution is 2.21. The first-order valence-corrected chi connectivity index (χ1v) is 7.08. The Bertz CT molecular complexity index is 360. The molecule has 2 N–H and O–H groups in total.